The van der Waals surface area contributed by atoms with E-state index in [9.17, 15) is 9.59 Å². The first-order chi connectivity index (χ1) is 10.1. The minimum absolute atomic E-state index is 0.0663. The van der Waals surface area contributed by atoms with Crippen molar-refractivity contribution in [2.45, 2.75) is 18.6 Å². The van der Waals surface area contributed by atoms with Gasteiger partial charge in [-0.15, -0.1) is 11.8 Å². The van der Waals surface area contributed by atoms with Gasteiger partial charge in [-0.1, -0.05) is 28.1 Å². The highest BCUT2D eigenvalue weighted by Gasteiger charge is 2.25. The minimum Gasteiger partial charge on any atom is -0.369 e. The second-order valence-electron chi connectivity index (χ2n) is 5.18. The molecule has 0 atom stereocenters. The lowest BCUT2D eigenvalue weighted by Gasteiger charge is -2.30. The van der Waals surface area contributed by atoms with Gasteiger partial charge in [0.25, 0.3) is 0 Å². The highest BCUT2D eigenvalue weighted by atomic mass is 79.9. The van der Waals surface area contributed by atoms with Crippen LogP contribution in [0.5, 0.6) is 0 Å². The Bertz CT molecular complexity index is 516. The topological polar surface area (TPSA) is 63.4 Å². The summed E-state index contributed by atoms with van der Waals surface area (Å²) in [5.74, 6) is 1.14. The van der Waals surface area contributed by atoms with Crippen molar-refractivity contribution in [2.75, 3.05) is 18.8 Å². The van der Waals surface area contributed by atoms with E-state index in [1.807, 2.05) is 17.0 Å². The number of primary amides is 1. The molecule has 1 aliphatic heterocycles. The Morgan fingerprint density at radius 1 is 1.33 bits per heavy atom. The van der Waals surface area contributed by atoms with Gasteiger partial charge in [0, 0.05) is 29.2 Å². The van der Waals surface area contributed by atoms with Gasteiger partial charge in [-0.2, -0.15) is 0 Å². The number of carbonyl (C=O) groups is 2. The van der Waals surface area contributed by atoms with Crippen LogP contribution >= 0.6 is 27.7 Å². The van der Waals surface area contributed by atoms with E-state index in [1.54, 1.807) is 11.8 Å². The fourth-order valence-electron chi connectivity index (χ4n) is 2.39. The standard InChI is InChI=1S/C15H19BrN2O2S/c16-13-3-1-2-11(8-13)9-21-10-14(19)18-6-4-12(5-7-18)15(17)20/h1-3,8,12H,4-7,9-10H2,(H2,17,20). The molecule has 1 aliphatic rings. The van der Waals surface area contributed by atoms with Gasteiger partial charge in [-0.05, 0) is 30.5 Å². The van der Waals surface area contributed by atoms with E-state index < -0.39 is 0 Å². The number of carbonyl (C=O) groups excluding carboxylic acids is 2. The van der Waals surface area contributed by atoms with Crippen LogP contribution < -0.4 is 5.73 Å². The molecule has 2 rings (SSSR count). The van der Waals surface area contributed by atoms with Crippen LogP contribution in [0.2, 0.25) is 0 Å². The molecular formula is C15H19BrN2O2S. The number of piperidine rings is 1. The average Bonchev–Trinajstić information content (AvgIpc) is 2.47. The molecule has 0 saturated carbocycles. The SMILES string of the molecule is NC(=O)C1CCN(C(=O)CSCc2cccc(Br)c2)CC1. The molecule has 0 aromatic heterocycles. The van der Waals surface area contributed by atoms with E-state index in [0.29, 0.717) is 31.7 Å². The summed E-state index contributed by atoms with van der Waals surface area (Å²) in [5, 5.41) is 0. The van der Waals surface area contributed by atoms with Gasteiger partial charge in [0.2, 0.25) is 11.8 Å². The minimum atomic E-state index is -0.244. The predicted octanol–water partition coefficient (Wildman–Crippen LogP) is 2.41. The second-order valence-corrected chi connectivity index (χ2v) is 7.08. The molecule has 4 nitrogen and oxygen atoms in total. The average molecular weight is 371 g/mol. The molecule has 0 bridgehead atoms. The maximum atomic E-state index is 12.1. The number of likely N-dealkylation sites (tertiary alicyclic amines) is 1. The van der Waals surface area contributed by atoms with Crippen LogP contribution in [0.1, 0.15) is 18.4 Å². The predicted molar refractivity (Wildman–Crippen MR) is 88.8 cm³/mol. The van der Waals surface area contributed by atoms with Gasteiger partial charge in [0.15, 0.2) is 0 Å². The van der Waals surface area contributed by atoms with E-state index >= 15 is 0 Å². The third-order valence-corrected chi connectivity index (χ3v) is 5.12. The molecule has 0 radical (unpaired) electrons. The van der Waals surface area contributed by atoms with Crippen molar-refractivity contribution in [1.29, 1.82) is 0 Å². The first-order valence-corrected chi connectivity index (χ1v) is 8.90. The number of hydrogen-bond acceptors (Lipinski definition) is 3. The fourth-order valence-corrected chi connectivity index (χ4v) is 3.71. The molecule has 1 saturated heterocycles. The van der Waals surface area contributed by atoms with Crippen LogP contribution in [0.4, 0.5) is 0 Å². The largest absolute Gasteiger partial charge is 0.369 e. The fraction of sp³-hybridized carbons (Fsp3) is 0.467. The normalized spacial score (nSPS) is 16.0. The van der Waals surface area contributed by atoms with Gasteiger partial charge in [0.1, 0.15) is 0 Å². The van der Waals surface area contributed by atoms with Crippen LogP contribution in [0.25, 0.3) is 0 Å². The molecule has 21 heavy (non-hydrogen) atoms. The number of halogens is 1. The van der Waals surface area contributed by atoms with Crippen molar-refractivity contribution in [3.05, 3.63) is 34.3 Å². The molecule has 0 unspecified atom stereocenters. The summed E-state index contributed by atoms with van der Waals surface area (Å²) in [5.41, 5.74) is 6.50. The molecule has 2 N–H and O–H groups in total. The Morgan fingerprint density at radius 2 is 2.05 bits per heavy atom. The summed E-state index contributed by atoms with van der Waals surface area (Å²) in [6, 6.07) is 8.11. The molecule has 1 heterocycles. The smallest absolute Gasteiger partial charge is 0.232 e. The Balaban J connectivity index is 1.72. The molecule has 1 aromatic carbocycles. The third-order valence-electron chi connectivity index (χ3n) is 3.63. The second kappa shape index (κ2) is 7.84. The van der Waals surface area contributed by atoms with E-state index in [1.165, 1.54) is 5.56 Å². The zero-order chi connectivity index (χ0) is 15.2. The summed E-state index contributed by atoms with van der Waals surface area (Å²) in [4.78, 5) is 25.1. The van der Waals surface area contributed by atoms with Crippen molar-refractivity contribution in [2.24, 2.45) is 11.7 Å². The molecule has 114 valence electrons. The Hall–Kier alpha value is -1.01. The highest BCUT2D eigenvalue weighted by Crippen LogP contribution is 2.20. The van der Waals surface area contributed by atoms with Gasteiger partial charge < -0.3 is 10.6 Å². The van der Waals surface area contributed by atoms with Crippen LogP contribution in [0.15, 0.2) is 28.7 Å². The van der Waals surface area contributed by atoms with E-state index in [0.717, 1.165) is 10.2 Å². The van der Waals surface area contributed by atoms with Gasteiger partial charge in [-0.25, -0.2) is 0 Å². The van der Waals surface area contributed by atoms with Crippen molar-refractivity contribution in [3.63, 3.8) is 0 Å². The summed E-state index contributed by atoms with van der Waals surface area (Å²) in [7, 11) is 0. The lowest BCUT2D eigenvalue weighted by atomic mass is 9.96. The van der Waals surface area contributed by atoms with Gasteiger partial charge in [-0.3, -0.25) is 9.59 Å². The first-order valence-electron chi connectivity index (χ1n) is 6.95. The number of hydrogen-bond donors (Lipinski definition) is 1. The summed E-state index contributed by atoms with van der Waals surface area (Å²) >= 11 is 5.06. The lowest BCUT2D eigenvalue weighted by Crippen LogP contribution is -2.42. The van der Waals surface area contributed by atoms with Crippen LogP contribution in [0, 0.1) is 5.92 Å². The Morgan fingerprint density at radius 3 is 2.67 bits per heavy atom. The molecule has 6 heteroatoms. The Kier molecular flexibility index (Phi) is 6.11. The number of nitrogens with two attached hydrogens (primary N) is 1. The summed E-state index contributed by atoms with van der Waals surface area (Å²) in [6.07, 6.45) is 1.38. The van der Waals surface area contributed by atoms with Crippen LogP contribution in [-0.4, -0.2) is 35.6 Å². The molecule has 1 fully saturated rings. The van der Waals surface area contributed by atoms with E-state index in [4.69, 9.17) is 5.73 Å². The zero-order valence-corrected chi connectivity index (χ0v) is 14.2. The van der Waals surface area contributed by atoms with Crippen molar-refractivity contribution in [1.82, 2.24) is 4.90 Å². The quantitative estimate of drug-likeness (QED) is 0.865. The van der Waals surface area contributed by atoms with Crippen molar-refractivity contribution < 1.29 is 9.59 Å². The Labute approximate surface area is 137 Å². The molecule has 0 aliphatic carbocycles. The zero-order valence-electron chi connectivity index (χ0n) is 11.8. The third kappa shape index (κ3) is 5.04. The van der Waals surface area contributed by atoms with Crippen LogP contribution in [-0.2, 0) is 15.3 Å². The number of benzene rings is 1. The molecule has 1 aromatic rings. The number of amides is 2. The number of nitrogens with zero attached hydrogens (tertiary/aromatic N) is 1. The van der Waals surface area contributed by atoms with E-state index in [-0.39, 0.29) is 17.7 Å². The van der Waals surface area contributed by atoms with E-state index in [2.05, 4.69) is 28.1 Å². The van der Waals surface area contributed by atoms with Crippen LogP contribution in [0.3, 0.4) is 0 Å². The van der Waals surface area contributed by atoms with Crippen molar-refractivity contribution in [3.8, 4) is 0 Å². The van der Waals surface area contributed by atoms with Gasteiger partial charge in [0.05, 0.1) is 5.75 Å². The number of rotatable bonds is 5. The number of thioether (sulfide) groups is 1. The summed E-state index contributed by atoms with van der Waals surface area (Å²) < 4.78 is 1.06. The monoisotopic (exact) mass is 370 g/mol. The molecular weight excluding hydrogens is 352 g/mol. The summed E-state index contributed by atoms with van der Waals surface area (Å²) in [6.45, 7) is 1.29. The maximum Gasteiger partial charge on any atom is 0.232 e. The first kappa shape index (κ1) is 16.4. The highest BCUT2D eigenvalue weighted by molar-refractivity contribution is 9.10. The maximum absolute atomic E-state index is 12.1. The lowest BCUT2D eigenvalue weighted by molar-refractivity contribution is -0.132. The van der Waals surface area contributed by atoms with Crippen molar-refractivity contribution >= 4 is 39.5 Å². The molecule has 2 amide bonds. The molecule has 0 spiro atoms. The van der Waals surface area contributed by atoms with Gasteiger partial charge >= 0.3 is 0 Å².